The molecule has 2 fully saturated rings. The van der Waals surface area contributed by atoms with Gasteiger partial charge in [-0.25, -0.2) is 4.39 Å². The molecule has 178 valence electrons. The molecule has 3 heterocycles. The number of rotatable bonds is 6. The predicted molar refractivity (Wildman–Crippen MR) is 122 cm³/mol. The molecule has 1 unspecified atom stereocenters. The summed E-state index contributed by atoms with van der Waals surface area (Å²) >= 11 is 0. The molecule has 0 aliphatic carbocycles. The fourth-order valence-corrected chi connectivity index (χ4v) is 3.07. The summed E-state index contributed by atoms with van der Waals surface area (Å²) in [6, 6.07) is -11.5. The van der Waals surface area contributed by atoms with E-state index >= 15 is 4.39 Å². The van der Waals surface area contributed by atoms with Crippen molar-refractivity contribution in [2.45, 2.75) is 38.4 Å². The first-order valence-corrected chi connectivity index (χ1v) is 9.51. The zero-order chi connectivity index (χ0) is 42.4. The van der Waals surface area contributed by atoms with Crippen molar-refractivity contribution in [1.29, 1.82) is 0 Å². The van der Waals surface area contributed by atoms with E-state index in [0.29, 0.717) is 0 Å². The van der Waals surface area contributed by atoms with Crippen molar-refractivity contribution in [2.75, 3.05) is 31.4 Å². The van der Waals surface area contributed by atoms with Crippen LogP contribution in [0.5, 0.6) is 0 Å². The zero-order valence-corrected chi connectivity index (χ0v) is 16.8. The summed E-state index contributed by atoms with van der Waals surface area (Å²) in [5.41, 5.74) is -6.69. The van der Waals surface area contributed by atoms with Crippen molar-refractivity contribution in [1.82, 2.24) is 15.1 Å². The molecule has 2 saturated heterocycles. The van der Waals surface area contributed by atoms with Crippen LogP contribution in [0.3, 0.4) is 0 Å². The van der Waals surface area contributed by atoms with E-state index in [9.17, 15) is 14.4 Å². The Balaban J connectivity index is 1.69. The van der Waals surface area contributed by atoms with E-state index in [1.54, 1.807) is 5.32 Å². The molecule has 0 aromatic heterocycles. The lowest BCUT2D eigenvalue weighted by Crippen LogP contribution is -2.52. The number of imide groups is 1. The van der Waals surface area contributed by atoms with Gasteiger partial charge in [0.1, 0.15) is 11.8 Å². The highest BCUT2D eigenvalue weighted by atomic mass is 19.1. The average molecular weight is 488 g/mol. The number of carbonyl (C=O) groups excluding carboxylic acids is 3. The van der Waals surface area contributed by atoms with Crippen LogP contribution in [0.2, 0.25) is 0 Å². The number of morpholine rings is 1. The van der Waals surface area contributed by atoms with Gasteiger partial charge in [-0.3, -0.25) is 24.6 Å². The maximum Gasteiger partial charge on any atom is 0.255 e. The lowest BCUT2D eigenvalue weighted by Gasteiger charge is -2.29. The summed E-state index contributed by atoms with van der Waals surface area (Å²) in [4.78, 5) is 37.5. The first-order chi connectivity index (χ1) is 24.6. The molecule has 8 nitrogen and oxygen atoms in total. The highest BCUT2D eigenvalue weighted by Gasteiger charge is 2.39. The number of anilines is 1. The SMILES string of the molecule is [2H]c1c([2H])c(NC([2H])([2H])c2c([2H])c([2H])c(C([2H])([2H])N3C([2H])([2H])C([2H])([2H])OC([2H])([2H])C3([2H])[2H])c([2H])c2F)c2c(c1[2H])C(=O)N(C1([2H])CCC(=O)NC1=O)C2([2H])[2H]. The molecule has 9 heteroatoms. The molecule has 34 heavy (non-hydrogen) atoms. The van der Waals surface area contributed by atoms with Crippen LogP contribution in [0.15, 0.2) is 36.3 Å². The number of halogens is 1. The molecule has 0 radical (unpaired) electrons. The molecule has 0 saturated carbocycles. The summed E-state index contributed by atoms with van der Waals surface area (Å²) in [6.45, 7) is -26.9. The minimum atomic E-state index is -4.09. The van der Waals surface area contributed by atoms with Gasteiger partial charge in [0.25, 0.3) is 5.91 Å². The molecule has 2 aromatic carbocycles. The van der Waals surface area contributed by atoms with Crippen molar-refractivity contribution in [3.8, 4) is 0 Å². The van der Waals surface area contributed by atoms with Gasteiger partial charge in [0.2, 0.25) is 11.8 Å². The number of nitrogens with one attached hydrogen (secondary N) is 2. The number of piperidine rings is 1. The third kappa shape index (κ3) is 4.53. The van der Waals surface area contributed by atoms with Crippen molar-refractivity contribution in [3.05, 3.63) is 64.3 Å². The second kappa shape index (κ2) is 9.52. The van der Waals surface area contributed by atoms with E-state index < -0.39 is 157 Å². The average Bonchev–Trinajstić information content (AvgIpc) is 3.22. The standard InChI is InChI=1S/C25H27FN4O4/c26-20-12-16(14-29-8-10-34-11-9-29)4-5-17(20)13-27-21-3-1-2-18-19(21)15-30(25(18)33)22-6-7-23(31)28-24(22)32/h1-5,12,22,27H,6-11,13-15H2,(H,28,31,32)/i1D,2D,3D,4D,5D,8D2,9D2,10D2,11D2,12D,13D2,14D2,15D2,22D. The third-order valence-electron chi connectivity index (χ3n) is 4.61. The Morgan fingerprint density at radius 3 is 2.88 bits per heavy atom. The van der Waals surface area contributed by atoms with Crippen LogP contribution in [-0.2, 0) is 33.8 Å². The normalized spacial score (nSPS) is 40.3. The highest BCUT2D eigenvalue weighted by Crippen LogP contribution is 2.32. The maximum atomic E-state index is 16.3. The quantitative estimate of drug-likeness (QED) is 0.606. The molecular formula is C25H27FN4O4. The number of hydrogen-bond acceptors (Lipinski definition) is 6. The zero-order valence-electron chi connectivity index (χ0n) is 37.8. The Morgan fingerprint density at radius 1 is 1.26 bits per heavy atom. The van der Waals surface area contributed by atoms with Crippen LogP contribution in [0.25, 0.3) is 0 Å². The minimum absolute atomic E-state index is 0.00895. The third-order valence-corrected chi connectivity index (χ3v) is 4.61. The van der Waals surface area contributed by atoms with Crippen LogP contribution in [0.1, 0.15) is 68.7 Å². The van der Waals surface area contributed by atoms with Crippen molar-refractivity contribution in [3.63, 3.8) is 0 Å². The number of hydrogen-bond donors (Lipinski definition) is 2. The van der Waals surface area contributed by atoms with Gasteiger partial charge >= 0.3 is 0 Å². The van der Waals surface area contributed by atoms with Crippen molar-refractivity contribution >= 4 is 23.4 Å². The number of nitrogens with zero attached hydrogens (tertiary/aromatic N) is 2. The summed E-state index contributed by atoms with van der Waals surface area (Å²) in [7, 11) is 0. The Labute approximate surface area is 226 Å². The Morgan fingerprint density at radius 2 is 2.09 bits per heavy atom. The summed E-state index contributed by atoms with van der Waals surface area (Å²) in [5, 5.41) is 3.63. The molecule has 0 spiro atoms. The summed E-state index contributed by atoms with van der Waals surface area (Å²) in [5.74, 6) is -6.10. The smallest absolute Gasteiger partial charge is 0.255 e. The van der Waals surface area contributed by atoms with Gasteiger partial charge in [-0.05, 0) is 30.1 Å². The van der Waals surface area contributed by atoms with Crippen molar-refractivity contribution in [2.24, 2.45) is 0 Å². The second-order valence-corrected chi connectivity index (χ2v) is 6.74. The van der Waals surface area contributed by atoms with Crippen LogP contribution in [0, 0.1) is 5.82 Å². The fourth-order valence-electron chi connectivity index (χ4n) is 3.07. The number of benzene rings is 2. The summed E-state index contributed by atoms with van der Waals surface area (Å²) < 4.78 is 196. The van der Waals surface area contributed by atoms with Crippen LogP contribution in [0.4, 0.5) is 10.1 Å². The first-order valence-electron chi connectivity index (χ1n) is 20.0. The molecule has 3 aliphatic rings. The highest BCUT2D eigenvalue weighted by molar-refractivity contribution is 6.06. The largest absolute Gasteiger partial charge is 0.381 e. The number of ether oxygens (including phenoxy) is 1. The first kappa shape index (κ1) is 8.73. The second-order valence-electron chi connectivity index (χ2n) is 6.74. The van der Waals surface area contributed by atoms with Crippen LogP contribution in [-0.4, -0.2) is 59.7 Å². The number of carbonyl (C=O) groups is 3. The van der Waals surface area contributed by atoms with Gasteiger partial charge in [-0.2, -0.15) is 0 Å². The van der Waals surface area contributed by atoms with E-state index in [4.69, 9.17) is 28.8 Å². The van der Waals surface area contributed by atoms with Crippen molar-refractivity contribution < 1.29 is 52.3 Å². The van der Waals surface area contributed by atoms with E-state index in [-0.39, 0.29) is 4.90 Å². The van der Waals surface area contributed by atoms with Crippen LogP contribution < -0.4 is 10.6 Å². The molecule has 2 aromatic rings. The Bertz CT molecular complexity index is 2030. The molecule has 1 atom stereocenters. The molecule has 5 rings (SSSR count). The van der Waals surface area contributed by atoms with Gasteiger partial charge in [-0.1, -0.05) is 18.1 Å². The number of amides is 3. The Kier molecular flexibility index (Phi) is 2.44. The molecule has 0 bridgehead atoms. The minimum Gasteiger partial charge on any atom is -0.381 e. The van der Waals surface area contributed by atoms with E-state index in [0.717, 1.165) is 0 Å². The van der Waals surface area contributed by atoms with Gasteiger partial charge in [0.05, 0.1) is 33.7 Å². The number of fused-ring (bicyclic) bond motifs is 1. The fraction of sp³-hybridized carbons (Fsp3) is 0.400. The molecule has 2 N–H and O–H groups in total. The molecular weight excluding hydrogens is 439 g/mol. The van der Waals surface area contributed by atoms with E-state index in [2.05, 4.69) is 4.74 Å². The molecule has 3 amide bonds. The summed E-state index contributed by atoms with van der Waals surface area (Å²) in [6.07, 6.45) is -1.31. The van der Waals surface area contributed by atoms with Gasteiger partial charge in [0.15, 0.2) is 0 Å². The monoisotopic (exact) mass is 487 g/mol. The lowest BCUT2D eigenvalue weighted by molar-refractivity contribution is -0.136. The topological polar surface area (TPSA) is 91.0 Å². The van der Waals surface area contributed by atoms with E-state index in [1.807, 2.05) is 5.32 Å². The maximum absolute atomic E-state index is 16.3. The van der Waals surface area contributed by atoms with Gasteiger partial charge < -0.3 is 15.0 Å². The predicted octanol–water partition coefficient (Wildman–Crippen LogP) is 2.03. The molecule has 3 aliphatic heterocycles. The van der Waals surface area contributed by atoms with Gasteiger partial charge in [0, 0.05) is 69.5 Å². The Hall–Kier alpha value is -3.30. The lowest BCUT2D eigenvalue weighted by atomic mass is 10.0. The van der Waals surface area contributed by atoms with E-state index in [1.165, 1.54) is 0 Å². The van der Waals surface area contributed by atoms with Gasteiger partial charge in [-0.15, -0.1) is 0 Å². The van der Waals surface area contributed by atoms with Crippen LogP contribution >= 0.6 is 0 Å².